The SMILES string of the molecule is C[C@H](CO)N1C[C@H](C)[C@H](CN(C)Cc2ccc(Cl)c(Cl)c2)Oc2ccc(NC(=O)Nc3ccc4c(c3)OCO4)cc2CC1=O. The maximum absolute atomic E-state index is 13.5. The summed E-state index contributed by atoms with van der Waals surface area (Å²) >= 11 is 12.3. The van der Waals surface area contributed by atoms with Crippen LogP contribution in [0, 0.1) is 5.92 Å². The van der Waals surface area contributed by atoms with Gasteiger partial charge in [-0.3, -0.25) is 9.69 Å². The molecule has 0 spiro atoms. The number of ether oxygens (including phenoxy) is 3. The summed E-state index contributed by atoms with van der Waals surface area (Å²) in [5.74, 6) is 1.56. The molecule has 3 atom stereocenters. The van der Waals surface area contributed by atoms with E-state index in [1.807, 2.05) is 33.0 Å². The summed E-state index contributed by atoms with van der Waals surface area (Å²) in [6.07, 6.45) is -0.230. The predicted molar refractivity (Wildman–Crippen MR) is 170 cm³/mol. The van der Waals surface area contributed by atoms with Crippen molar-refractivity contribution in [2.24, 2.45) is 5.92 Å². The number of carbonyl (C=O) groups excluding carboxylic acids is 2. The molecule has 44 heavy (non-hydrogen) atoms. The summed E-state index contributed by atoms with van der Waals surface area (Å²) < 4.78 is 17.3. The number of hydrogen-bond acceptors (Lipinski definition) is 7. The van der Waals surface area contributed by atoms with Gasteiger partial charge in [-0.05, 0) is 62.0 Å². The zero-order valence-corrected chi connectivity index (χ0v) is 26.3. The summed E-state index contributed by atoms with van der Waals surface area (Å²) in [7, 11) is 2.00. The molecule has 5 rings (SSSR count). The average molecular weight is 644 g/mol. The first-order chi connectivity index (χ1) is 21.1. The largest absolute Gasteiger partial charge is 0.488 e. The molecule has 3 N–H and O–H groups in total. The third-order valence-corrected chi connectivity index (χ3v) is 8.47. The average Bonchev–Trinajstić information content (AvgIpc) is 3.46. The highest BCUT2D eigenvalue weighted by atomic mass is 35.5. The minimum absolute atomic E-state index is 0.0531. The molecule has 0 fully saturated rings. The summed E-state index contributed by atoms with van der Waals surface area (Å²) in [6, 6.07) is 15.2. The van der Waals surface area contributed by atoms with Crippen LogP contribution in [0.15, 0.2) is 54.6 Å². The van der Waals surface area contributed by atoms with Gasteiger partial charge in [0.25, 0.3) is 0 Å². The number of anilines is 2. The molecule has 3 amide bonds. The lowest BCUT2D eigenvalue weighted by molar-refractivity contribution is -0.134. The molecule has 2 aliphatic heterocycles. The monoisotopic (exact) mass is 642 g/mol. The minimum Gasteiger partial charge on any atom is -0.488 e. The number of fused-ring (bicyclic) bond motifs is 2. The molecular formula is C32H36Cl2N4O6. The maximum atomic E-state index is 13.5. The van der Waals surface area contributed by atoms with Crippen LogP contribution in [0.4, 0.5) is 16.2 Å². The number of urea groups is 1. The molecule has 0 saturated carbocycles. The van der Waals surface area contributed by atoms with Gasteiger partial charge >= 0.3 is 6.03 Å². The van der Waals surface area contributed by atoms with E-state index < -0.39 is 6.03 Å². The van der Waals surface area contributed by atoms with E-state index in [0.717, 1.165) is 5.56 Å². The molecule has 0 radical (unpaired) electrons. The van der Waals surface area contributed by atoms with Crippen LogP contribution in [0.3, 0.4) is 0 Å². The Morgan fingerprint density at radius 3 is 2.45 bits per heavy atom. The Labute approximate surface area is 266 Å². The predicted octanol–water partition coefficient (Wildman–Crippen LogP) is 5.65. The van der Waals surface area contributed by atoms with Gasteiger partial charge in [0.15, 0.2) is 11.5 Å². The first-order valence-electron chi connectivity index (χ1n) is 14.4. The summed E-state index contributed by atoms with van der Waals surface area (Å²) in [5.41, 5.74) is 2.69. The molecule has 0 unspecified atom stereocenters. The van der Waals surface area contributed by atoms with Crippen molar-refractivity contribution in [3.8, 4) is 17.2 Å². The Morgan fingerprint density at radius 2 is 1.73 bits per heavy atom. The molecule has 12 heteroatoms. The fourth-order valence-corrected chi connectivity index (χ4v) is 5.64. The van der Waals surface area contributed by atoms with Gasteiger partial charge in [-0.25, -0.2) is 4.79 Å². The summed E-state index contributed by atoms with van der Waals surface area (Å²) in [4.78, 5) is 30.2. The van der Waals surface area contributed by atoms with E-state index in [1.165, 1.54) is 0 Å². The molecule has 3 aromatic carbocycles. The first-order valence-corrected chi connectivity index (χ1v) is 15.1. The maximum Gasteiger partial charge on any atom is 0.323 e. The third kappa shape index (κ3) is 7.68. The van der Waals surface area contributed by atoms with Crippen LogP contribution in [-0.2, 0) is 17.8 Å². The molecule has 0 aromatic heterocycles. The van der Waals surface area contributed by atoms with Crippen molar-refractivity contribution in [1.29, 1.82) is 0 Å². The van der Waals surface area contributed by atoms with Gasteiger partial charge in [0.2, 0.25) is 12.7 Å². The van der Waals surface area contributed by atoms with Crippen LogP contribution in [0.25, 0.3) is 0 Å². The lowest BCUT2D eigenvalue weighted by atomic mass is 10.0. The number of benzene rings is 3. The Bertz CT molecular complexity index is 1520. The molecule has 0 aliphatic carbocycles. The number of carbonyl (C=O) groups is 2. The highest BCUT2D eigenvalue weighted by Crippen LogP contribution is 2.34. The Kier molecular flexibility index (Phi) is 10.1. The fraction of sp³-hybridized carbons (Fsp3) is 0.375. The molecule has 2 aliphatic rings. The van der Waals surface area contributed by atoms with Crippen LogP contribution in [0.1, 0.15) is 25.0 Å². The van der Waals surface area contributed by atoms with E-state index in [1.54, 1.807) is 47.4 Å². The number of aliphatic hydroxyl groups excluding tert-OH is 1. The van der Waals surface area contributed by atoms with Gasteiger partial charge in [-0.1, -0.05) is 36.2 Å². The van der Waals surface area contributed by atoms with Gasteiger partial charge < -0.3 is 34.9 Å². The standard InChI is InChI=1S/C32H36Cl2N4O6/c1-19-14-38(20(2)17-39)31(40)12-22-11-23(35-32(41)36-24-6-9-28-29(13-24)43-18-42-28)5-8-27(22)44-30(19)16-37(3)15-21-4-7-25(33)26(34)10-21/h4-11,13,19-20,30,39H,12,14-18H2,1-3H3,(H2,35,36,41)/t19-,20+,30-/m0/s1. The number of amides is 3. The molecule has 10 nitrogen and oxygen atoms in total. The number of nitrogens with one attached hydrogen (secondary N) is 2. The number of aliphatic hydroxyl groups is 1. The van der Waals surface area contributed by atoms with Crippen LogP contribution >= 0.6 is 23.2 Å². The molecule has 0 saturated heterocycles. The van der Waals surface area contributed by atoms with Crippen molar-refractivity contribution in [2.45, 2.75) is 39.0 Å². The number of rotatable bonds is 8. The van der Waals surface area contributed by atoms with Crippen LogP contribution in [-0.4, -0.2) is 72.5 Å². The van der Waals surface area contributed by atoms with Crippen LogP contribution < -0.4 is 24.8 Å². The van der Waals surface area contributed by atoms with E-state index in [-0.39, 0.29) is 43.8 Å². The molecule has 234 valence electrons. The zero-order chi connectivity index (χ0) is 31.4. The van der Waals surface area contributed by atoms with Crippen LogP contribution in [0.5, 0.6) is 17.2 Å². The molecule has 2 heterocycles. The lowest BCUT2D eigenvalue weighted by Crippen LogP contribution is -2.47. The highest BCUT2D eigenvalue weighted by Gasteiger charge is 2.31. The first kappa shape index (κ1) is 31.7. The van der Waals surface area contributed by atoms with Crippen molar-refractivity contribution >= 4 is 46.5 Å². The minimum atomic E-state index is -0.454. The van der Waals surface area contributed by atoms with Crippen molar-refractivity contribution in [1.82, 2.24) is 9.80 Å². The van der Waals surface area contributed by atoms with Gasteiger partial charge in [-0.15, -0.1) is 0 Å². The van der Waals surface area contributed by atoms with E-state index in [4.69, 9.17) is 37.4 Å². The van der Waals surface area contributed by atoms with E-state index >= 15 is 0 Å². The number of hydrogen-bond donors (Lipinski definition) is 3. The zero-order valence-electron chi connectivity index (χ0n) is 24.8. The van der Waals surface area contributed by atoms with E-state index in [0.29, 0.717) is 63.9 Å². The molecular weight excluding hydrogens is 607 g/mol. The normalized spacial score (nSPS) is 18.5. The highest BCUT2D eigenvalue weighted by molar-refractivity contribution is 6.42. The van der Waals surface area contributed by atoms with Gasteiger partial charge in [0.1, 0.15) is 11.9 Å². The van der Waals surface area contributed by atoms with Crippen molar-refractivity contribution in [3.63, 3.8) is 0 Å². The van der Waals surface area contributed by atoms with E-state index in [9.17, 15) is 14.7 Å². The van der Waals surface area contributed by atoms with Gasteiger partial charge in [0, 0.05) is 48.6 Å². The Morgan fingerprint density at radius 1 is 1.02 bits per heavy atom. The lowest BCUT2D eigenvalue weighted by Gasteiger charge is -2.34. The van der Waals surface area contributed by atoms with Crippen molar-refractivity contribution in [3.05, 3.63) is 75.8 Å². The van der Waals surface area contributed by atoms with Gasteiger partial charge in [0.05, 0.1) is 29.1 Å². The second-order valence-electron chi connectivity index (χ2n) is 11.3. The Hall–Kier alpha value is -3.70. The van der Waals surface area contributed by atoms with Crippen molar-refractivity contribution in [2.75, 3.05) is 44.2 Å². The fourth-order valence-electron chi connectivity index (χ4n) is 5.31. The molecule has 3 aromatic rings. The quantitative estimate of drug-likeness (QED) is 0.291. The number of halogens is 2. The topological polar surface area (TPSA) is 113 Å². The summed E-state index contributed by atoms with van der Waals surface area (Å²) in [6.45, 7) is 5.46. The van der Waals surface area contributed by atoms with Gasteiger partial charge in [-0.2, -0.15) is 0 Å². The second-order valence-corrected chi connectivity index (χ2v) is 12.1. The van der Waals surface area contributed by atoms with E-state index in [2.05, 4.69) is 15.5 Å². The number of nitrogens with zero attached hydrogens (tertiary/aromatic N) is 2. The van der Waals surface area contributed by atoms with Crippen LogP contribution in [0.2, 0.25) is 10.0 Å². The number of likely N-dealkylation sites (N-methyl/N-ethyl adjacent to an activating group) is 1. The molecule has 0 bridgehead atoms. The third-order valence-electron chi connectivity index (χ3n) is 7.73. The smallest absolute Gasteiger partial charge is 0.323 e. The Balaban J connectivity index is 1.34. The van der Waals surface area contributed by atoms with Crippen molar-refractivity contribution < 1.29 is 28.9 Å². The summed E-state index contributed by atoms with van der Waals surface area (Å²) in [5, 5.41) is 16.6. The second kappa shape index (κ2) is 13.9.